The van der Waals surface area contributed by atoms with E-state index < -0.39 is 17.6 Å². The van der Waals surface area contributed by atoms with E-state index in [2.05, 4.69) is 15.5 Å². The Morgan fingerprint density at radius 1 is 1.33 bits per heavy atom. The van der Waals surface area contributed by atoms with Crippen molar-refractivity contribution in [2.75, 3.05) is 16.9 Å². The average molecular weight is 434 g/mol. The van der Waals surface area contributed by atoms with E-state index in [1.54, 1.807) is 0 Å². The second-order valence-electron chi connectivity index (χ2n) is 5.18. The summed E-state index contributed by atoms with van der Waals surface area (Å²) in [5.74, 6) is 5.69. The van der Waals surface area contributed by atoms with E-state index in [1.165, 1.54) is 16.0 Å². The Morgan fingerprint density at radius 2 is 2.11 bits per heavy atom. The first kappa shape index (κ1) is 19.5. The maximum Gasteiger partial charge on any atom is 0.416 e. The van der Waals surface area contributed by atoms with Crippen LogP contribution in [-0.4, -0.2) is 26.5 Å². The number of hydrogen-bond donors (Lipinski definition) is 2. The SMILES string of the molecule is Nn1c(SCC(=O)Nc2cc(C(F)(F)F)ccc2Cl)nnc1-c1cccs1. The lowest BCUT2D eigenvalue weighted by Crippen LogP contribution is -2.17. The maximum atomic E-state index is 12.8. The molecule has 142 valence electrons. The van der Waals surface area contributed by atoms with Crippen molar-refractivity contribution < 1.29 is 18.0 Å². The van der Waals surface area contributed by atoms with Gasteiger partial charge in [-0.3, -0.25) is 4.79 Å². The summed E-state index contributed by atoms with van der Waals surface area (Å²) in [7, 11) is 0. The third-order valence-corrected chi connectivity index (χ3v) is 5.44. The predicted molar refractivity (Wildman–Crippen MR) is 99.3 cm³/mol. The second kappa shape index (κ2) is 7.79. The number of benzene rings is 1. The molecule has 0 saturated heterocycles. The van der Waals surface area contributed by atoms with Gasteiger partial charge in [0.05, 0.1) is 26.9 Å². The zero-order valence-corrected chi connectivity index (χ0v) is 15.7. The molecular formula is C15H11ClF3N5OS2. The van der Waals surface area contributed by atoms with Crippen LogP contribution in [0.3, 0.4) is 0 Å². The molecule has 0 saturated carbocycles. The number of nitrogens with one attached hydrogen (secondary N) is 1. The van der Waals surface area contributed by atoms with Crippen LogP contribution in [0.5, 0.6) is 0 Å². The number of hydrogen-bond acceptors (Lipinski definition) is 6. The van der Waals surface area contributed by atoms with Crippen molar-refractivity contribution in [1.29, 1.82) is 0 Å². The minimum atomic E-state index is -4.53. The molecule has 1 aromatic carbocycles. The molecule has 0 aliphatic heterocycles. The number of amides is 1. The summed E-state index contributed by atoms with van der Waals surface area (Å²) in [6, 6.07) is 6.38. The zero-order chi connectivity index (χ0) is 19.6. The molecule has 0 atom stereocenters. The number of nitrogens with two attached hydrogens (primary N) is 1. The molecule has 12 heteroatoms. The molecule has 3 aromatic rings. The predicted octanol–water partition coefficient (Wildman–Crippen LogP) is 4.12. The third-order valence-electron chi connectivity index (χ3n) is 3.31. The fraction of sp³-hybridized carbons (Fsp3) is 0.133. The summed E-state index contributed by atoms with van der Waals surface area (Å²) in [4.78, 5) is 12.9. The minimum absolute atomic E-state index is 0.00308. The highest BCUT2D eigenvalue weighted by molar-refractivity contribution is 7.99. The standard InChI is InChI=1S/C15H11ClF3N5OS2/c16-9-4-3-8(15(17,18)19)6-10(9)21-12(25)7-27-14-23-22-13(24(14)20)11-2-1-5-26-11/h1-6H,7,20H2,(H,21,25). The number of rotatable bonds is 5. The molecule has 0 fully saturated rings. The largest absolute Gasteiger partial charge is 0.416 e. The molecule has 0 bridgehead atoms. The highest BCUT2D eigenvalue weighted by Crippen LogP contribution is 2.34. The molecule has 0 aliphatic rings. The van der Waals surface area contributed by atoms with Gasteiger partial charge in [-0.2, -0.15) is 13.2 Å². The Balaban J connectivity index is 1.66. The number of nitrogen functional groups attached to an aromatic ring is 1. The number of aromatic nitrogens is 3. The van der Waals surface area contributed by atoms with Gasteiger partial charge in [0.2, 0.25) is 11.1 Å². The third kappa shape index (κ3) is 4.54. The van der Waals surface area contributed by atoms with Crippen LogP contribution in [0.15, 0.2) is 40.9 Å². The monoisotopic (exact) mass is 433 g/mol. The normalized spacial score (nSPS) is 11.6. The van der Waals surface area contributed by atoms with Gasteiger partial charge in [-0.05, 0) is 29.6 Å². The van der Waals surface area contributed by atoms with Crippen molar-refractivity contribution >= 4 is 46.3 Å². The lowest BCUT2D eigenvalue weighted by Gasteiger charge is -2.11. The molecule has 3 rings (SSSR count). The highest BCUT2D eigenvalue weighted by Gasteiger charge is 2.31. The number of carbonyl (C=O) groups excluding carboxylic acids is 1. The number of thioether (sulfide) groups is 1. The zero-order valence-electron chi connectivity index (χ0n) is 13.3. The molecule has 0 unspecified atom stereocenters. The number of halogens is 4. The molecule has 0 radical (unpaired) electrons. The van der Waals surface area contributed by atoms with Crippen molar-refractivity contribution in [2.45, 2.75) is 11.3 Å². The van der Waals surface area contributed by atoms with Gasteiger partial charge in [-0.15, -0.1) is 21.5 Å². The van der Waals surface area contributed by atoms with E-state index in [0.717, 1.165) is 34.8 Å². The molecule has 0 aliphatic carbocycles. The van der Waals surface area contributed by atoms with Gasteiger partial charge in [0.1, 0.15) is 0 Å². The quantitative estimate of drug-likeness (QED) is 0.467. The molecule has 2 heterocycles. The Morgan fingerprint density at radius 3 is 2.78 bits per heavy atom. The smallest absolute Gasteiger partial charge is 0.335 e. The summed E-state index contributed by atoms with van der Waals surface area (Å²) in [6.07, 6.45) is -4.53. The molecular weight excluding hydrogens is 423 g/mol. The van der Waals surface area contributed by atoms with Gasteiger partial charge >= 0.3 is 6.18 Å². The van der Waals surface area contributed by atoms with Gasteiger partial charge in [-0.1, -0.05) is 29.4 Å². The first-order valence-corrected chi connectivity index (χ1v) is 9.54. The van der Waals surface area contributed by atoms with E-state index >= 15 is 0 Å². The lowest BCUT2D eigenvalue weighted by atomic mass is 10.2. The Hall–Kier alpha value is -2.24. The number of alkyl halides is 3. The Kier molecular flexibility index (Phi) is 5.63. The van der Waals surface area contributed by atoms with Crippen LogP contribution in [0.4, 0.5) is 18.9 Å². The fourth-order valence-electron chi connectivity index (χ4n) is 2.06. The number of anilines is 1. The van der Waals surface area contributed by atoms with Crippen LogP contribution in [0.2, 0.25) is 5.02 Å². The summed E-state index contributed by atoms with van der Waals surface area (Å²) in [5, 5.41) is 12.4. The lowest BCUT2D eigenvalue weighted by molar-refractivity contribution is -0.137. The summed E-state index contributed by atoms with van der Waals surface area (Å²) in [6.45, 7) is 0. The highest BCUT2D eigenvalue weighted by atomic mass is 35.5. The Bertz CT molecular complexity index is 959. The first-order valence-electron chi connectivity index (χ1n) is 7.29. The van der Waals surface area contributed by atoms with Crippen LogP contribution in [-0.2, 0) is 11.0 Å². The summed E-state index contributed by atoms with van der Waals surface area (Å²) < 4.78 is 39.6. The molecule has 1 amide bonds. The summed E-state index contributed by atoms with van der Waals surface area (Å²) >= 11 is 8.29. The van der Waals surface area contributed by atoms with E-state index in [0.29, 0.717) is 11.0 Å². The second-order valence-corrected chi connectivity index (χ2v) is 7.48. The molecule has 2 aromatic heterocycles. The van der Waals surface area contributed by atoms with Crippen molar-refractivity contribution in [3.8, 4) is 10.7 Å². The van der Waals surface area contributed by atoms with Crippen LogP contribution in [0.25, 0.3) is 10.7 Å². The molecule has 27 heavy (non-hydrogen) atoms. The van der Waals surface area contributed by atoms with Crippen LogP contribution >= 0.6 is 34.7 Å². The average Bonchev–Trinajstić information content (AvgIpc) is 3.23. The number of thiophene rings is 1. The van der Waals surface area contributed by atoms with Crippen molar-refractivity contribution in [3.05, 3.63) is 46.3 Å². The van der Waals surface area contributed by atoms with Crippen molar-refractivity contribution in [2.24, 2.45) is 0 Å². The summed E-state index contributed by atoms with van der Waals surface area (Å²) in [5.41, 5.74) is -1.03. The van der Waals surface area contributed by atoms with Crippen molar-refractivity contribution in [3.63, 3.8) is 0 Å². The van der Waals surface area contributed by atoms with E-state index in [9.17, 15) is 18.0 Å². The maximum absolute atomic E-state index is 12.8. The van der Waals surface area contributed by atoms with E-state index in [4.69, 9.17) is 17.4 Å². The number of nitrogens with zero attached hydrogens (tertiary/aromatic N) is 3. The van der Waals surface area contributed by atoms with Crippen LogP contribution in [0.1, 0.15) is 5.56 Å². The van der Waals surface area contributed by atoms with Crippen LogP contribution in [0, 0.1) is 0 Å². The van der Waals surface area contributed by atoms with E-state index in [-0.39, 0.29) is 16.5 Å². The van der Waals surface area contributed by atoms with E-state index in [1.807, 2.05) is 17.5 Å². The van der Waals surface area contributed by atoms with Gasteiger partial charge in [-0.25, -0.2) is 4.68 Å². The van der Waals surface area contributed by atoms with Crippen molar-refractivity contribution in [1.82, 2.24) is 14.9 Å². The molecule has 6 nitrogen and oxygen atoms in total. The molecule has 3 N–H and O–H groups in total. The van der Waals surface area contributed by atoms with Gasteiger partial charge in [0, 0.05) is 0 Å². The van der Waals surface area contributed by atoms with Gasteiger partial charge in [0.15, 0.2) is 5.82 Å². The van der Waals surface area contributed by atoms with Gasteiger partial charge < -0.3 is 11.2 Å². The number of carbonyl (C=O) groups is 1. The minimum Gasteiger partial charge on any atom is -0.335 e. The Labute approximate surface area is 164 Å². The fourth-order valence-corrected chi connectivity index (χ4v) is 3.59. The van der Waals surface area contributed by atoms with Crippen LogP contribution < -0.4 is 11.2 Å². The first-order chi connectivity index (χ1) is 12.8. The van der Waals surface area contributed by atoms with Gasteiger partial charge in [0.25, 0.3) is 0 Å². The topological polar surface area (TPSA) is 85.8 Å². The molecule has 0 spiro atoms.